The summed E-state index contributed by atoms with van der Waals surface area (Å²) in [6, 6.07) is 0. The van der Waals surface area contributed by atoms with Crippen molar-refractivity contribution < 1.29 is 9.47 Å². The quantitative estimate of drug-likeness (QED) is 0.619. The lowest BCUT2D eigenvalue weighted by Crippen LogP contribution is -2.40. The summed E-state index contributed by atoms with van der Waals surface area (Å²) in [6.07, 6.45) is 7.46. The molecule has 1 heterocycles. The second-order valence-electron chi connectivity index (χ2n) is 5.51. The van der Waals surface area contributed by atoms with Crippen LogP contribution in [0.1, 0.15) is 25.7 Å². The first-order valence-corrected chi connectivity index (χ1v) is 6.89. The zero-order valence-corrected chi connectivity index (χ0v) is 11.1. The second kappa shape index (κ2) is 5.25. The Kier molecular flexibility index (Phi) is 3.47. The summed E-state index contributed by atoms with van der Waals surface area (Å²) >= 11 is 0. The third kappa shape index (κ3) is 2.92. The molecule has 0 unspecified atom stereocenters. The zero-order chi connectivity index (χ0) is 13.1. The number of rotatable bonds is 0. The van der Waals surface area contributed by atoms with Crippen LogP contribution in [-0.2, 0) is 9.47 Å². The topological polar surface area (TPSA) is 18.5 Å². The maximum atomic E-state index is 5.88. The van der Waals surface area contributed by atoms with E-state index in [0.29, 0.717) is 25.0 Å². The van der Waals surface area contributed by atoms with Gasteiger partial charge in [0.15, 0.2) is 5.79 Å². The fraction of sp³-hybridized carbons (Fsp3) is 0.529. The van der Waals surface area contributed by atoms with Crippen molar-refractivity contribution in [1.29, 1.82) is 0 Å². The molecule has 2 bridgehead atoms. The van der Waals surface area contributed by atoms with Crippen molar-refractivity contribution in [2.24, 2.45) is 11.8 Å². The Hall–Kier alpha value is -1.48. The molecule has 1 saturated heterocycles. The Bertz CT molecular complexity index is 515. The Morgan fingerprint density at radius 1 is 1.16 bits per heavy atom. The molecular formula is C17H18O2. The van der Waals surface area contributed by atoms with Crippen LogP contribution in [0.5, 0.6) is 0 Å². The predicted octanol–water partition coefficient (Wildman–Crippen LogP) is 2.67. The average molecular weight is 254 g/mol. The van der Waals surface area contributed by atoms with Crippen molar-refractivity contribution in [3.05, 3.63) is 24.3 Å². The van der Waals surface area contributed by atoms with Gasteiger partial charge in [-0.15, -0.1) is 0 Å². The molecule has 1 aliphatic heterocycles. The Morgan fingerprint density at radius 2 is 1.95 bits per heavy atom. The van der Waals surface area contributed by atoms with Gasteiger partial charge in [0.2, 0.25) is 0 Å². The minimum atomic E-state index is -0.395. The number of ether oxygens (including phenoxy) is 2. The van der Waals surface area contributed by atoms with Crippen molar-refractivity contribution in [1.82, 2.24) is 0 Å². The van der Waals surface area contributed by atoms with E-state index in [4.69, 9.17) is 9.47 Å². The van der Waals surface area contributed by atoms with Crippen LogP contribution in [0.4, 0.5) is 0 Å². The predicted molar refractivity (Wildman–Crippen MR) is 73.9 cm³/mol. The first-order chi connectivity index (χ1) is 9.26. The van der Waals surface area contributed by atoms with Gasteiger partial charge in [-0.25, -0.2) is 0 Å². The van der Waals surface area contributed by atoms with Crippen LogP contribution in [0.15, 0.2) is 24.3 Å². The van der Waals surface area contributed by atoms with E-state index in [9.17, 15) is 0 Å². The second-order valence-corrected chi connectivity index (χ2v) is 5.51. The monoisotopic (exact) mass is 254 g/mol. The molecule has 19 heavy (non-hydrogen) atoms. The molecule has 0 amide bonds. The molecule has 2 fully saturated rings. The van der Waals surface area contributed by atoms with Crippen LogP contribution in [0.2, 0.25) is 0 Å². The van der Waals surface area contributed by atoms with Gasteiger partial charge in [-0.3, -0.25) is 0 Å². The van der Waals surface area contributed by atoms with Crippen LogP contribution in [0.25, 0.3) is 0 Å². The van der Waals surface area contributed by atoms with Gasteiger partial charge < -0.3 is 9.47 Å². The highest BCUT2D eigenvalue weighted by molar-refractivity contribution is 5.34. The summed E-state index contributed by atoms with van der Waals surface area (Å²) in [6.45, 7) is 5.45. The Balaban J connectivity index is 1.86. The molecule has 0 aromatic heterocycles. The minimum Gasteiger partial charge on any atom is -0.347 e. The van der Waals surface area contributed by atoms with E-state index in [-0.39, 0.29) is 0 Å². The van der Waals surface area contributed by atoms with Crippen LogP contribution < -0.4 is 0 Å². The van der Waals surface area contributed by atoms with E-state index in [1.54, 1.807) is 6.08 Å². The lowest BCUT2D eigenvalue weighted by atomic mass is 9.75. The summed E-state index contributed by atoms with van der Waals surface area (Å²) in [5, 5.41) is 0. The average Bonchev–Trinajstić information content (AvgIpc) is 2.79. The lowest BCUT2D eigenvalue weighted by molar-refractivity contribution is -0.193. The van der Waals surface area contributed by atoms with Crippen molar-refractivity contribution >= 4 is 0 Å². The van der Waals surface area contributed by atoms with Crippen molar-refractivity contribution in [3.63, 3.8) is 0 Å². The summed E-state index contributed by atoms with van der Waals surface area (Å²) < 4.78 is 11.8. The fourth-order valence-electron chi connectivity index (χ4n) is 3.26. The van der Waals surface area contributed by atoms with Gasteiger partial charge >= 0.3 is 0 Å². The standard InChI is InChI=1S/C17H18O2/c1-14-6-4-2-3-5-7-15-11-16(10-14)13-17(12-15)18-8-9-19-17/h2-3,15-16H,1,8-13H2/b3-2-/t15-,16-/m1/s1. The van der Waals surface area contributed by atoms with Crippen LogP contribution in [-0.4, -0.2) is 19.0 Å². The van der Waals surface area contributed by atoms with E-state index in [1.165, 1.54) is 0 Å². The van der Waals surface area contributed by atoms with Gasteiger partial charge in [0.25, 0.3) is 0 Å². The maximum Gasteiger partial charge on any atom is 0.169 e. The number of allylic oxidation sites excluding steroid dienone is 3. The highest BCUT2D eigenvalue weighted by Gasteiger charge is 2.44. The van der Waals surface area contributed by atoms with E-state index in [0.717, 1.165) is 31.3 Å². The molecular weight excluding hydrogens is 236 g/mol. The highest BCUT2D eigenvalue weighted by Crippen LogP contribution is 2.43. The third-order valence-electron chi connectivity index (χ3n) is 3.91. The number of hydrogen-bond donors (Lipinski definition) is 0. The van der Waals surface area contributed by atoms with E-state index in [1.807, 2.05) is 6.08 Å². The van der Waals surface area contributed by atoms with E-state index in [2.05, 4.69) is 30.3 Å². The van der Waals surface area contributed by atoms with Gasteiger partial charge in [-0.05, 0) is 36.5 Å². The highest BCUT2D eigenvalue weighted by atomic mass is 16.7. The molecule has 0 aromatic rings. The SMILES string of the molecule is C=C1C#C/C=C\C#C[C@@H]2C[C@@H](C1)CC1(C2)OCCO1. The van der Waals surface area contributed by atoms with Gasteiger partial charge in [-0.1, -0.05) is 30.3 Å². The van der Waals surface area contributed by atoms with Crippen LogP contribution >= 0.6 is 0 Å². The third-order valence-corrected chi connectivity index (χ3v) is 3.91. The summed E-state index contributed by atoms with van der Waals surface area (Å²) in [5.74, 6) is 12.9. The smallest absolute Gasteiger partial charge is 0.169 e. The molecule has 0 N–H and O–H groups in total. The van der Waals surface area contributed by atoms with Crippen LogP contribution in [0, 0.1) is 35.5 Å². The fourth-order valence-corrected chi connectivity index (χ4v) is 3.26. The van der Waals surface area contributed by atoms with Gasteiger partial charge in [-0.2, -0.15) is 0 Å². The first kappa shape index (κ1) is 12.5. The maximum absolute atomic E-state index is 5.88. The molecule has 98 valence electrons. The molecule has 2 nitrogen and oxygen atoms in total. The first-order valence-electron chi connectivity index (χ1n) is 6.89. The Morgan fingerprint density at radius 3 is 2.79 bits per heavy atom. The molecule has 1 spiro atoms. The molecule has 2 heteroatoms. The van der Waals surface area contributed by atoms with Gasteiger partial charge in [0, 0.05) is 18.8 Å². The van der Waals surface area contributed by atoms with Crippen LogP contribution in [0.3, 0.4) is 0 Å². The molecule has 2 aliphatic carbocycles. The van der Waals surface area contributed by atoms with Crippen molar-refractivity contribution in [2.45, 2.75) is 31.5 Å². The molecule has 2 atom stereocenters. The minimum absolute atomic E-state index is 0.340. The van der Waals surface area contributed by atoms with Gasteiger partial charge in [0.05, 0.1) is 13.2 Å². The molecule has 1 saturated carbocycles. The molecule has 3 aliphatic rings. The van der Waals surface area contributed by atoms with Crippen molar-refractivity contribution in [3.8, 4) is 23.7 Å². The molecule has 0 radical (unpaired) electrons. The zero-order valence-electron chi connectivity index (χ0n) is 11.1. The lowest BCUT2D eigenvalue weighted by Gasteiger charge is -2.39. The van der Waals surface area contributed by atoms with E-state index < -0.39 is 5.79 Å². The Labute approximate surface area is 114 Å². The largest absolute Gasteiger partial charge is 0.347 e. The molecule has 3 rings (SSSR count). The van der Waals surface area contributed by atoms with Crippen molar-refractivity contribution in [2.75, 3.05) is 13.2 Å². The number of hydrogen-bond acceptors (Lipinski definition) is 2. The summed E-state index contributed by atoms with van der Waals surface area (Å²) in [5.41, 5.74) is 0.991. The number of fused-ring (bicyclic) bond motifs is 2. The molecule has 0 aromatic carbocycles. The summed E-state index contributed by atoms with van der Waals surface area (Å²) in [4.78, 5) is 0. The van der Waals surface area contributed by atoms with E-state index >= 15 is 0 Å². The van der Waals surface area contributed by atoms with Gasteiger partial charge in [0.1, 0.15) is 0 Å². The normalized spacial score (nSPS) is 33.6. The summed E-state index contributed by atoms with van der Waals surface area (Å²) in [7, 11) is 0.